The zero-order chi connectivity index (χ0) is 20.7. The maximum atomic E-state index is 12.3. The van der Waals surface area contributed by atoms with Crippen LogP contribution in [0.2, 0.25) is 0 Å². The third-order valence-electron chi connectivity index (χ3n) is 4.55. The molecule has 2 aromatic carbocycles. The van der Waals surface area contributed by atoms with Gasteiger partial charge in [0.05, 0.1) is 13.2 Å². The van der Waals surface area contributed by atoms with E-state index in [1.807, 2.05) is 24.3 Å². The van der Waals surface area contributed by atoms with Gasteiger partial charge in [0, 0.05) is 30.9 Å². The Morgan fingerprint density at radius 3 is 2.31 bits per heavy atom. The first kappa shape index (κ1) is 21.1. The van der Waals surface area contributed by atoms with E-state index in [9.17, 15) is 18.0 Å². The minimum absolute atomic E-state index is 0.0588. The Morgan fingerprint density at radius 1 is 1.03 bits per heavy atom. The Bertz CT molecular complexity index is 786. The number of nitrogens with one attached hydrogen (secondary N) is 1. The summed E-state index contributed by atoms with van der Waals surface area (Å²) in [6.45, 7) is 3.07. The third-order valence-corrected chi connectivity index (χ3v) is 4.55. The van der Waals surface area contributed by atoms with Crippen molar-refractivity contribution in [2.75, 3.05) is 44.8 Å². The van der Waals surface area contributed by atoms with Gasteiger partial charge < -0.3 is 14.8 Å². The lowest BCUT2D eigenvalue weighted by Crippen LogP contribution is -2.37. The van der Waals surface area contributed by atoms with Crippen LogP contribution in [-0.4, -0.2) is 56.4 Å². The lowest BCUT2D eigenvalue weighted by molar-refractivity contribution is -0.153. The lowest BCUT2D eigenvalue weighted by atomic mass is 10.1. The molecule has 8 heteroatoms. The smallest absolute Gasteiger partial charge is 0.422 e. The van der Waals surface area contributed by atoms with E-state index in [1.54, 1.807) is 0 Å². The number of alkyl halides is 3. The van der Waals surface area contributed by atoms with Crippen molar-refractivity contribution in [3.05, 3.63) is 59.7 Å². The van der Waals surface area contributed by atoms with E-state index >= 15 is 0 Å². The highest BCUT2D eigenvalue weighted by Crippen LogP contribution is 2.19. The van der Waals surface area contributed by atoms with Gasteiger partial charge in [-0.2, -0.15) is 13.2 Å². The molecule has 3 rings (SSSR count). The number of hydrogen-bond donors (Lipinski definition) is 1. The largest absolute Gasteiger partial charge is 0.484 e. The van der Waals surface area contributed by atoms with Crippen molar-refractivity contribution in [1.82, 2.24) is 4.90 Å². The topological polar surface area (TPSA) is 50.8 Å². The Labute approximate surface area is 167 Å². The van der Waals surface area contributed by atoms with E-state index in [0.717, 1.165) is 39.3 Å². The Morgan fingerprint density at radius 2 is 1.69 bits per heavy atom. The van der Waals surface area contributed by atoms with Crippen molar-refractivity contribution in [2.45, 2.75) is 12.6 Å². The van der Waals surface area contributed by atoms with Crippen molar-refractivity contribution < 1.29 is 27.4 Å². The number of carbonyl (C=O) groups excluding carboxylic acids is 1. The SMILES string of the molecule is O=C(Nc1ccc(CCN2CCOCC2)cc1)c1ccc(OCC(F)(F)F)cc1. The Kier molecular flexibility index (Phi) is 7.11. The molecule has 1 amide bonds. The average molecular weight is 408 g/mol. The quantitative estimate of drug-likeness (QED) is 0.758. The molecule has 2 aromatic rings. The van der Waals surface area contributed by atoms with Crippen LogP contribution < -0.4 is 10.1 Å². The molecule has 1 fully saturated rings. The number of nitrogens with zero attached hydrogens (tertiary/aromatic N) is 1. The highest BCUT2D eigenvalue weighted by Gasteiger charge is 2.28. The summed E-state index contributed by atoms with van der Waals surface area (Å²) in [5, 5.41) is 2.78. The van der Waals surface area contributed by atoms with Gasteiger partial charge in [-0.05, 0) is 48.4 Å². The molecule has 0 aliphatic carbocycles. The van der Waals surface area contributed by atoms with Gasteiger partial charge in [-0.15, -0.1) is 0 Å². The molecular weight excluding hydrogens is 385 g/mol. The van der Waals surface area contributed by atoms with E-state index in [-0.39, 0.29) is 11.7 Å². The van der Waals surface area contributed by atoms with Gasteiger partial charge in [-0.3, -0.25) is 9.69 Å². The summed E-state index contributed by atoms with van der Waals surface area (Å²) in [5.74, 6) is -0.281. The van der Waals surface area contributed by atoms with Crippen molar-refractivity contribution in [1.29, 1.82) is 0 Å². The van der Waals surface area contributed by atoms with Gasteiger partial charge in [0.1, 0.15) is 5.75 Å². The highest BCUT2D eigenvalue weighted by molar-refractivity contribution is 6.04. The minimum atomic E-state index is -4.40. The summed E-state index contributed by atoms with van der Waals surface area (Å²) in [5.41, 5.74) is 2.17. The van der Waals surface area contributed by atoms with Crippen LogP contribution in [0.4, 0.5) is 18.9 Å². The van der Waals surface area contributed by atoms with Crippen LogP contribution >= 0.6 is 0 Å². The molecule has 5 nitrogen and oxygen atoms in total. The van der Waals surface area contributed by atoms with Crippen LogP contribution in [0, 0.1) is 0 Å². The predicted octanol–water partition coefficient (Wildman–Crippen LogP) is 3.75. The second-order valence-electron chi connectivity index (χ2n) is 6.78. The number of ether oxygens (including phenoxy) is 2. The average Bonchev–Trinajstić information content (AvgIpc) is 2.72. The molecule has 29 heavy (non-hydrogen) atoms. The van der Waals surface area contributed by atoms with Crippen LogP contribution in [0.15, 0.2) is 48.5 Å². The van der Waals surface area contributed by atoms with Gasteiger partial charge >= 0.3 is 6.18 Å². The van der Waals surface area contributed by atoms with Gasteiger partial charge in [0.15, 0.2) is 6.61 Å². The van der Waals surface area contributed by atoms with Gasteiger partial charge in [0.25, 0.3) is 5.91 Å². The van der Waals surface area contributed by atoms with Gasteiger partial charge in [-0.25, -0.2) is 0 Å². The molecular formula is C21H23F3N2O3. The normalized spacial score (nSPS) is 15.1. The summed E-state index contributed by atoms with van der Waals surface area (Å²) in [6, 6.07) is 13.2. The number of hydrogen-bond acceptors (Lipinski definition) is 4. The number of anilines is 1. The summed E-state index contributed by atoms with van der Waals surface area (Å²) in [4.78, 5) is 14.7. The first-order chi connectivity index (χ1) is 13.9. The van der Waals surface area contributed by atoms with Crippen LogP contribution in [0.1, 0.15) is 15.9 Å². The molecule has 1 aliphatic rings. The van der Waals surface area contributed by atoms with E-state index in [0.29, 0.717) is 11.3 Å². The Hall–Kier alpha value is -2.58. The fraction of sp³-hybridized carbons (Fsp3) is 0.381. The fourth-order valence-corrected chi connectivity index (χ4v) is 2.94. The Balaban J connectivity index is 1.48. The molecule has 1 N–H and O–H groups in total. The summed E-state index contributed by atoms with van der Waals surface area (Å²) in [6.07, 6.45) is -3.47. The van der Waals surface area contributed by atoms with E-state index in [4.69, 9.17) is 4.74 Å². The molecule has 156 valence electrons. The van der Waals surface area contributed by atoms with E-state index < -0.39 is 12.8 Å². The molecule has 0 radical (unpaired) electrons. The van der Waals surface area contributed by atoms with Crippen LogP contribution in [0.25, 0.3) is 0 Å². The van der Waals surface area contributed by atoms with Crippen LogP contribution in [0.3, 0.4) is 0 Å². The maximum absolute atomic E-state index is 12.3. The predicted molar refractivity (Wildman–Crippen MR) is 103 cm³/mol. The number of carbonyl (C=O) groups is 1. The van der Waals surface area contributed by atoms with E-state index in [2.05, 4.69) is 15.0 Å². The second-order valence-corrected chi connectivity index (χ2v) is 6.78. The molecule has 0 unspecified atom stereocenters. The van der Waals surface area contributed by atoms with Gasteiger partial charge in [-0.1, -0.05) is 12.1 Å². The summed E-state index contributed by atoms with van der Waals surface area (Å²) < 4.78 is 46.5. The zero-order valence-electron chi connectivity index (χ0n) is 15.9. The highest BCUT2D eigenvalue weighted by atomic mass is 19.4. The summed E-state index contributed by atoms with van der Waals surface area (Å²) >= 11 is 0. The van der Waals surface area contributed by atoms with Crippen molar-refractivity contribution in [3.63, 3.8) is 0 Å². The monoisotopic (exact) mass is 408 g/mol. The van der Waals surface area contributed by atoms with Crippen LogP contribution in [-0.2, 0) is 11.2 Å². The van der Waals surface area contributed by atoms with Gasteiger partial charge in [0.2, 0.25) is 0 Å². The van der Waals surface area contributed by atoms with Crippen LogP contribution in [0.5, 0.6) is 5.75 Å². The second kappa shape index (κ2) is 9.76. The number of benzene rings is 2. The van der Waals surface area contributed by atoms with Crippen molar-refractivity contribution >= 4 is 11.6 Å². The molecule has 1 heterocycles. The lowest BCUT2D eigenvalue weighted by Gasteiger charge is -2.26. The molecule has 0 aromatic heterocycles. The third kappa shape index (κ3) is 7.07. The number of morpholine rings is 1. The van der Waals surface area contributed by atoms with E-state index in [1.165, 1.54) is 29.8 Å². The molecule has 0 bridgehead atoms. The zero-order valence-corrected chi connectivity index (χ0v) is 15.9. The molecule has 0 saturated carbocycles. The fourth-order valence-electron chi connectivity index (χ4n) is 2.94. The number of amides is 1. The van der Waals surface area contributed by atoms with Crippen molar-refractivity contribution in [2.24, 2.45) is 0 Å². The first-order valence-corrected chi connectivity index (χ1v) is 9.39. The first-order valence-electron chi connectivity index (χ1n) is 9.39. The molecule has 1 saturated heterocycles. The standard InChI is InChI=1S/C21H23F3N2O3/c22-21(23,24)15-29-19-7-3-17(4-8-19)20(27)25-18-5-1-16(2-6-18)9-10-26-11-13-28-14-12-26/h1-8H,9-15H2,(H,25,27). The molecule has 1 aliphatic heterocycles. The van der Waals surface area contributed by atoms with Crippen molar-refractivity contribution in [3.8, 4) is 5.75 Å². The minimum Gasteiger partial charge on any atom is -0.484 e. The number of rotatable bonds is 7. The number of halogens is 3. The maximum Gasteiger partial charge on any atom is 0.422 e. The molecule has 0 spiro atoms. The molecule has 0 atom stereocenters. The summed E-state index contributed by atoms with van der Waals surface area (Å²) in [7, 11) is 0.